The van der Waals surface area contributed by atoms with Gasteiger partial charge in [-0.15, -0.1) is 0 Å². The molecule has 0 aromatic carbocycles. The predicted molar refractivity (Wildman–Crippen MR) is 76.5 cm³/mol. The summed E-state index contributed by atoms with van der Waals surface area (Å²) in [6.45, 7) is 12.3. The summed E-state index contributed by atoms with van der Waals surface area (Å²) >= 11 is 5.68. The summed E-state index contributed by atoms with van der Waals surface area (Å²) in [6.07, 6.45) is 4.44. The summed E-state index contributed by atoms with van der Waals surface area (Å²) in [6, 6.07) is 0.602. The van der Waals surface area contributed by atoms with Gasteiger partial charge in [0, 0.05) is 36.8 Å². The van der Waals surface area contributed by atoms with Gasteiger partial charge < -0.3 is 5.32 Å². The van der Waals surface area contributed by atoms with E-state index in [9.17, 15) is 0 Å². The minimum absolute atomic E-state index is 0.307. The van der Waals surface area contributed by atoms with Gasteiger partial charge in [-0.2, -0.15) is 0 Å². The van der Waals surface area contributed by atoms with E-state index < -0.39 is 0 Å². The highest BCUT2D eigenvalue weighted by Gasteiger charge is 2.38. The summed E-state index contributed by atoms with van der Waals surface area (Å²) < 4.78 is 0. The van der Waals surface area contributed by atoms with Crippen LogP contribution in [-0.4, -0.2) is 36.1 Å². The Kier molecular flexibility index (Phi) is 5.98. The van der Waals surface area contributed by atoms with E-state index in [-0.39, 0.29) is 0 Å². The number of hydrogen-bond donors (Lipinski definition) is 1. The van der Waals surface area contributed by atoms with Crippen LogP contribution >= 0.6 is 11.6 Å². The van der Waals surface area contributed by atoms with Crippen LogP contribution in [0.2, 0.25) is 0 Å². The van der Waals surface area contributed by atoms with Gasteiger partial charge in [-0.25, -0.2) is 0 Å². The third-order valence-electron chi connectivity index (χ3n) is 4.32. The predicted octanol–water partition coefficient (Wildman–Crippen LogP) is 3.23. The van der Waals surface area contributed by atoms with Crippen molar-refractivity contribution in [2.75, 3.05) is 19.6 Å². The van der Waals surface area contributed by atoms with E-state index in [4.69, 9.17) is 11.6 Å². The minimum Gasteiger partial charge on any atom is -0.311 e. The molecular weight excluding hydrogens is 232 g/mol. The van der Waals surface area contributed by atoms with Crippen molar-refractivity contribution >= 4 is 11.6 Å². The van der Waals surface area contributed by atoms with Crippen LogP contribution in [0.1, 0.15) is 40.5 Å². The van der Waals surface area contributed by atoms with Gasteiger partial charge in [0.25, 0.3) is 0 Å². The van der Waals surface area contributed by atoms with Gasteiger partial charge in [0.1, 0.15) is 0 Å². The second-order valence-electron chi connectivity index (χ2n) is 5.43. The van der Waals surface area contributed by atoms with E-state index >= 15 is 0 Å². The number of hydrogen-bond acceptors (Lipinski definition) is 2. The molecule has 0 radical (unpaired) electrons. The summed E-state index contributed by atoms with van der Waals surface area (Å²) in [5.74, 6) is 0.684. The Hall–Kier alpha value is -0.0500. The number of piperazine rings is 1. The number of nitrogens with one attached hydrogen (secondary N) is 1. The van der Waals surface area contributed by atoms with Gasteiger partial charge in [0.2, 0.25) is 0 Å². The first kappa shape index (κ1) is 15.0. The lowest BCUT2D eigenvalue weighted by Crippen LogP contribution is -2.65. The van der Waals surface area contributed by atoms with Gasteiger partial charge in [0.05, 0.1) is 0 Å². The minimum atomic E-state index is 0.307. The molecule has 1 atom stereocenters. The van der Waals surface area contributed by atoms with Crippen molar-refractivity contribution in [3.63, 3.8) is 0 Å². The number of halogens is 1. The maximum Gasteiger partial charge on any atom is 0.0332 e. The first-order valence-electron chi connectivity index (χ1n) is 6.83. The highest BCUT2D eigenvalue weighted by atomic mass is 35.5. The van der Waals surface area contributed by atoms with Crippen molar-refractivity contribution in [1.82, 2.24) is 10.2 Å². The number of rotatable bonds is 5. The lowest BCUT2D eigenvalue weighted by Gasteiger charge is -2.50. The molecule has 0 aromatic rings. The molecule has 0 amide bonds. The highest BCUT2D eigenvalue weighted by Crippen LogP contribution is 2.28. The van der Waals surface area contributed by atoms with E-state index in [0.29, 0.717) is 17.5 Å². The Balaban J connectivity index is 2.78. The average molecular weight is 259 g/mol. The normalized spacial score (nSPS) is 25.9. The quantitative estimate of drug-likeness (QED) is 0.815. The molecule has 17 heavy (non-hydrogen) atoms. The molecule has 1 heterocycles. The second kappa shape index (κ2) is 6.77. The van der Waals surface area contributed by atoms with Gasteiger partial charge >= 0.3 is 0 Å². The Morgan fingerprint density at radius 2 is 2.06 bits per heavy atom. The maximum atomic E-state index is 5.68. The van der Waals surface area contributed by atoms with Gasteiger partial charge in [-0.3, -0.25) is 4.90 Å². The van der Waals surface area contributed by atoms with E-state index in [1.54, 1.807) is 5.54 Å². The van der Waals surface area contributed by atoms with E-state index in [1.165, 1.54) is 12.8 Å². The van der Waals surface area contributed by atoms with Crippen molar-refractivity contribution in [3.8, 4) is 0 Å². The molecule has 1 N–H and O–H groups in total. The SMILES string of the molecule is CCC1(CC)CNC(C(C)C)CN1C/C=C/Cl. The molecule has 0 aromatic heterocycles. The first-order valence-corrected chi connectivity index (χ1v) is 7.27. The molecule has 0 aliphatic carbocycles. The average Bonchev–Trinajstić information content (AvgIpc) is 2.35. The smallest absolute Gasteiger partial charge is 0.0332 e. The van der Waals surface area contributed by atoms with Crippen LogP contribution in [0.3, 0.4) is 0 Å². The Bertz CT molecular complexity index is 247. The fourth-order valence-corrected chi connectivity index (χ4v) is 2.84. The van der Waals surface area contributed by atoms with Crippen LogP contribution in [0.25, 0.3) is 0 Å². The summed E-state index contributed by atoms with van der Waals surface area (Å²) in [7, 11) is 0. The summed E-state index contributed by atoms with van der Waals surface area (Å²) in [5.41, 5.74) is 1.95. The third-order valence-corrected chi connectivity index (χ3v) is 4.50. The molecule has 1 aliphatic rings. The van der Waals surface area contributed by atoms with Gasteiger partial charge in [0.15, 0.2) is 0 Å². The van der Waals surface area contributed by atoms with E-state index in [2.05, 4.69) is 44.0 Å². The zero-order valence-corrected chi connectivity index (χ0v) is 12.4. The molecule has 2 nitrogen and oxygen atoms in total. The molecule has 100 valence electrons. The largest absolute Gasteiger partial charge is 0.311 e. The van der Waals surface area contributed by atoms with Crippen molar-refractivity contribution in [2.45, 2.75) is 52.1 Å². The van der Waals surface area contributed by atoms with Crippen molar-refractivity contribution in [1.29, 1.82) is 0 Å². The molecule has 0 saturated carbocycles. The second-order valence-corrected chi connectivity index (χ2v) is 5.68. The zero-order chi connectivity index (χ0) is 12.9. The number of nitrogens with zero attached hydrogens (tertiary/aromatic N) is 1. The molecule has 1 rings (SSSR count). The monoisotopic (exact) mass is 258 g/mol. The highest BCUT2D eigenvalue weighted by molar-refractivity contribution is 6.25. The van der Waals surface area contributed by atoms with Crippen LogP contribution in [0.5, 0.6) is 0 Å². The van der Waals surface area contributed by atoms with Crippen molar-refractivity contribution < 1.29 is 0 Å². The molecule has 1 fully saturated rings. The van der Waals surface area contributed by atoms with Crippen LogP contribution in [0.15, 0.2) is 11.6 Å². The molecule has 1 saturated heterocycles. The fourth-order valence-electron chi connectivity index (χ4n) is 2.76. The van der Waals surface area contributed by atoms with Crippen LogP contribution < -0.4 is 5.32 Å². The molecule has 0 bridgehead atoms. The van der Waals surface area contributed by atoms with Gasteiger partial charge in [-0.1, -0.05) is 45.4 Å². The molecule has 3 heteroatoms. The maximum absolute atomic E-state index is 5.68. The Morgan fingerprint density at radius 1 is 1.41 bits per heavy atom. The van der Waals surface area contributed by atoms with Crippen LogP contribution in [0, 0.1) is 5.92 Å². The lowest BCUT2D eigenvalue weighted by molar-refractivity contribution is 0.0325. The molecular formula is C14H27ClN2. The first-order chi connectivity index (χ1) is 8.09. The van der Waals surface area contributed by atoms with Crippen LogP contribution in [-0.2, 0) is 0 Å². The zero-order valence-electron chi connectivity index (χ0n) is 11.7. The van der Waals surface area contributed by atoms with E-state index in [0.717, 1.165) is 19.6 Å². The van der Waals surface area contributed by atoms with Crippen molar-refractivity contribution in [3.05, 3.63) is 11.6 Å². The lowest BCUT2D eigenvalue weighted by atomic mass is 9.85. The summed E-state index contributed by atoms with van der Waals surface area (Å²) in [4.78, 5) is 2.60. The van der Waals surface area contributed by atoms with Crippen LogP contribution in [0.4, 0.5) is 0 Å². The molecule has 1 unspecified atom stereocenters. The standard InChI is InChI=1S/C14H27ClN2/c1-5-14(6-2)11-16-13(12(3)4)10-17(14)9-7-8-15/h7-8,12-13,16H,5-6,9-11H2,1-4H3/b8-7+. The fraction of sp³-hybridized carbons (Fsp3) is 0.857. The Morgan fingerprint density at radius 3 is 2.53 bits per heavy atom. The third kappa shape index (κ3) is 3.46. The van der Waals surface area contributed by atoms with Crippen molar-refractivity contribution in [2.24, 2.45) is 5.92 Å². The molecule has 0 spiro atoms. The topological polar surface area (TPSA) is 15.3 Å². The Labute approximate surface area is 111 Å². The van der Waals surface area contributed by atoms with E-state index in [1.807, 2.05) is 0 Å². The summed E-state index contributed by atoms with van der Waals surface area (Å²) in [5, 5.41) is 3.72. The molecule has 1 aliphatic heterocycles. The van der Waals surface area contributed by atoms with Gasteiger partial charge in [-0.05, 0) is 18.8 Å².